The first-order valence-corrected chi connectivity index (χ1v) is 8.87. The van der Waals surface area contributed by atoms with Crippen molar-refractivity contribution in [2.24, 2.45) is 0 Å². The summed E-state index contributed by atoms with van der Waals surface area (Å²) < 4.78 is 0. The summed E-state index contributed by atoms with van der Waals surface area (Å²) in [6.07, 6.45) is 7.16. The van der Waals surface area contributed by atoms with Gasteiger partial charge >= 0.3 is 6.03 Å². The lowest BCUT2D eigenvalue weighted by Gasteiger charge is -2.31. The summed E-state index contributed by atoms with van der Waals surface area (Å²) in [6.45, 7) is 0. The molecule has 0 bridgehead atoms. The fourth-order valence-corrected chi connectivity index (χ4v) is 3.44. The molecule has 1 aliphatic carbocycles. The molecule has 1 saturated carbocycles. The molecule has 0 radical (unpaired) electrons. The molecule has 0 aromatic heterocycles. The van der Waals surface area contributed by atoms with E-state index in [1.165, 1.54) is 4.90 Å². The van der Waals surface area contributed by atoms with Crippen LogP contribution in [0.2, 0.25) is 0 Å². The lowest BCUT2D eigenvalue weighted by molar-refractivity contribution is -0.131. The normalized spacial score (nSPS) is 21.2. The first-order chi connectivity index (χ1) is 11.1. The number of carbonyl (C=O) groups excluding carboxylic acids is 3. The van der Waals surface area contributed by atoms with Crippen molar-refractivity contribution >= 4 is 35.7 Å². The van der Waals surface area contributed by atoms with Gasteiger partial charge in [-0.3, -0.25) is 19.8 Å². The molecule has 1 aromatic rings. The molecule has 1 heterocycles. The van der Waals surface area contributed by atoms with Crippen LogP contribution >= 0.6 is 11.8 Å². The maximum Gasteiger partial charge on any atom is 0.331 e. The number of nitrogens with one attached hydrogen (secondary N) is 1. The van der Waals surface area contributed by atoms with Gasteiger partial charge in [0.05, 0.1) is 0 Å². The minimum absolute atomic E-state index is 0.0217. The van der Waals surface area contributed by atoms with E-state index >= 15 is 0 Å². The molecule has 3 rings (SSSR count). The lowest BCUT2D eigenvalue weighted by Crippen LogP contribution is -2.57. The number of nitrogens with zero attached hydrogens (tertiary/aromatic N) is 1. The van der Waals surface area contributed by atoms with E-state index in [9.17, 15) is 14.4 Å². The van der Waals surface area contributed by atoms with Gasteiger partial charge in [-0.25, -0.2) is 4.79 Å². The van der Waals surface area contributed by atoms with E-state index in [0.29, 0.717) is 0 Å². The predicted molar refractivity (Wildman–Crippen MR) is 88.8 cm³/mol. The van der Waals surface area contributed by atoms with Crippen LogP contribution in [-0.2, 0) is 9.59 Å². The molecule has 2 aliphatic rings. The summed E-state index contributed by atoms with van der Waals surface area (Å²) in [5.41, 5.74) is 0.787. The maximum absolute atomic E-state index is 12.6. The molecule has 6 heteroatoms. The zero-order chi connectivity index (χ0) is 16.4. The molecule has 5 nitrogen and oxygen atoms in total. The first kappa shape index (κ1) is 15.8. The minimum Gasteiger partial charge on any atom is -0.273 e. The Morgan fingerprint density at radius 1 is 1.13 bits per heavy atom. The Balaban J connectivity index is 1.89. The van der Waals surface area contributed by atoms with Gasteiger partial charge in [0.2, 0.25) is 0 Å². The molecule has 1 aromatic carbocycles. The van der Waals surface area contributed by atoms with E-state index in [2.05, 4.69) is 5.32 Å². The van der Waals surface area contributed by atoms with Crippen LogP contribution in [0.25, 0.3) is 6.08 Å². The lowest BCUT2D eigenvalue weighted by atomic mass is 10.1. The van der Waals surface area contributed by atoms with Gasteiger partial charge < -0.3 is 0 Å². The van der Waals surface area contributed by atoms with E-state index < -0.39 is 17.8 Å². The summed E-state index contributed by atoms with van der Waals surface area (Å²) in [5, 5.41) is 2.28. The molecule has 4 amide bonds. The van der Waals surface area contributed by atoms with Crippen LogP contribution in [0.5, 0.6) is 0 Å². The third kappa shape index (κ3) is 3.17. The zero-order valence-corrected chi connectivity index (χ0v) is 13.7. The third-order valence-corrected chi connectivity index (χ3v) is 4.99. The molecular weight excluding hydrogens is 312 g/mol. The van der Waals surface area contributed by atoms with Gasteiger partial charge in [0.1, 0.15) is 5.57 Å². The highest BCUT2D eigenvalue weighted by atomic mass is 32.2. The van der Waals surface area contributed by atoms with Crippen molar-refractivity contribution in [1.29, 1.82) is 0 Å². The van der Waals surface area contributed by atoms with Gasteiger partial charge in [0.15, 0.2) is 0 Å². The highest BCUT2D eigenvalue weighted by Gasteiger charge is 2.40. The zero-order valence-electron chi connectivity index (χ0n) is 12.9. The molecule has 120 valence electrons. The molecule has 1 N–H and O–H groups in total. The van der Waals surface area contributed by atoms with Crippen LogP contribution in [0, 0.1) is 0 Å². The third-order valence-electron chi connectivity index (χ3n) is 4.25. The Kier molecular flexibility index (Phi) is 4.52. The number of barbiturate groups is 1. The average molecular weight is 330 g/mol. The van der Waals surface area contributed by atoms with E-state index in [4.69, 9.17) is 0 Å². The molecular formula is C17H18N2O3S. The summed E-state index contributed by atoms with van der Waals surface area (Å²) in [4.78, 5) is 39.0. The summed E-state index contributed by atoms with van der Waals surface area (Å²) in [6, 6.07) is 6.88. The van der Waals surface area contributed by atoms with Crippen molar-refractivity contribution in [1.82, 2.24) is 10.2 Å². The SMILES string of the molecule is CSc1ccc(/C=C2\C(=O)NC(=O)N(C3CCCC3)C2=O)cc1. The van der Waals surface area contributed by atoms with Gasteiger partial charge in [-0.2, -0.15) is 0 Å². The Bertz CT molecular complexity index is 676. The van der Waals surface area contributed by atoms with Gasteiger partial charge in [0.25, 0.3) is 11.8 Å². The van der Waals surface area contributed by atoms with E-state index in [-0.39, 0.29) is 11.6 Å². The van der Waals surface area contributed by atoms with Gasteiger partial charge in [-0.15, -0.1) is 11.8 Å². The second-order valence-corrected chi connectivity index (χ2v) is 6.58. The Morgan fingerprint density at radius 3 is 2.39 bits per heavy atom. The van der Waals surface area contributed by atoms with Crippen molar-refractivity contribution in [2.45, 2.75) is 36.6 Å². The second-order valence-electron chi connectivity index (χ2n) is 5.70. The van der Waals surface area contributed by atoms with E-state index in [0.717, 1.165) is 36.1 Å². The standard InChI is InChI=1S/C17H18N2O3S/c1-23-13-8-6-11(7-9-13)10-14-15(20)18-17(22)19(16(14)21)12-4-2-3-5-12/h6-10,12H,2-5H2,1H3,(H,18,20,22)/b14-10+. The number of imide groups is 2. The summed E-state index contributed by atoms with van der Waals surface area (Å²) in [5.74, 6) is -1.11. The predicted octanol–water partition coefficient (Wildman–Crippen LogP) is 2.81. The fourth-order valence-electron chi connectivity index (χ4n) is 3.03. The Labute approximate surface area is 139 Å². The first-order valence-electron chi connectivity index (χ1n) is 7.65. The van der Waals surface area contributed by atoms with Crippen LogP contribution in [0.3, 0.4) is 0 Å². The van der Waals surface area contributed by atoms with Crippen molar-refractivity contribution in [2.75, 3.05) is 6.26 Å². The van der Waals surface area contributed by atoms with Crippen LogP contribution in [0.4, 0.5) is 4.79 Å². The molecule has 1 aliphatic heterocycles. The van der Waals surface area contributed by atoms with Crippen LogP contribution < -0.4 is 5.32 Å². The van der Waals surface area contributed by atoms with Gasteiger partial charge in [0, 0.05) is 10.9 Å². The molecule has 1 saturated heterocycles. The van der Waals surface area contributed by atoms with E-state index in [1.807, 2.05) is 30.5 Å². The number of urea groups is 1. The maximum atomic E-state index is 12.6. The van der Waals surface area contributed by atoms with Gasteiger partial charge in [-0.05, 0) is 42.9 Å². The molecule has 0 spiro atoms. The van der Waals surface area contributed by atoms with Crippen LogP contribution in [0.1, 0.15) is 31.2 Å². The second kappa shape index (κ2) is 6.58. The molecule has 0 atom stereocenters. The van der Waals surface area contributed by atoms with E-state index in [1.54, 1.807) is 17.8 Å². The number of thioether (sulfide) groups is 1. The van der Waals surface area contributed by atoms with Crippen molar-refractivity contribution in [3.05, 3.63) is 35.4 Å². The van der Waals surface area contributed by atoms with Crippen molar-refractivity contribution in [3.63, 3.8) is 0 Å². The number of hydrogen-bond donors (Lipinski definition) is 1. The Morgan fingerprint density at radius 2 is 1.78 bits per heavy atom. The highest BCUT2D eigenvalue weighted by Crippen LogP contribution is 2.27. The van der Waals surface area contributed by atoms with Gasteiger partial charge in [-0.1, -0.05) is 25.0 Å². The monoisotopic (exact) mass is 330 g/mol. The molecule has 23 heavy (non-hydrogen) atoms. The fraction of sp³-hybridized carbons (Fsp3) is 0.353. The molecule has 0 unspecified atom stereocenters. The topological polar surface area (TPSA) is 66.5 Å². The smallest absolute Gasteiger partial charge is 0.273 e. The summed E-state index contributed by atoms with van der Waals surface area (Å²) >= 11 is 1.62. The number of benzene rings is 1. The van der Waals surface area contributed by atoms with Crippen LogP contribution in [0.15, 0.2) is 34.7 Å². The quantitative estimate of drug-likeness (QED) is 0.526. The number of carbonyl (C=O) groups is 3. The Hall–Kier alpha value is -2.08. The van der Waals surface area contributed by atoms with Crippen molar-refractivity contribution < 1.29 is 14.4 Å². The van der Waals surface area contributed by atoms with Crippen molar-refractivity contribution in [3.8, 4) is 0 Å². The highest BCUT2D eigenvalue weighted by molar-refractivity contribution is 7.98. The number of hydrogen-bond acceptors (Lipinski definition) is 4. The number of rotatable bonds is 3. The molecule has 2 fully saturated rings. The average Bonchev–Trinajstić information content (AvgIpc) is 3.06. The summed E-state index contributed by atoms with van der Waals surface area (Å²) in [7, 11) is 0. The minimum atomic E-state index is -0.622. The largest absolute Gasteiger partial charge is 0.331 e. The number of amides is 4. The van der Waals surface area contributed by atoms with Crippen LogP contribution in [-0.4, -0.2) is 35.0 Å².